The Morgan fingerprint density at radius 1 is 1.11 bits per heavy atom. The van der Waals surface area contributed by atoms with Gasteiger partial charge in [-0.15, -0.1) is 0 Å². The molecular weight excluding hydrogens is 238 g/mol. The number of amides is 1. The predicted octanol–water partition coefficient (Wildman–Crippen LogP) is 2.19. The van der Waals surface area contributed by atoms with Crippen LogP contribution in [0.4, 0.5) is 0 Å². The lowest BCUT2D eigenvalue weighted by Gasteiger charge is -2.21. The van der Waals surface area contributed by atoms with Crippen molar-refractivity contribution in [1.29, 1.82) is 0 Å². The first kappa shape index (κ1) is 13.0. The van der Waals surface area contributed by atoms with Crippen LogP contribution in [0.2, 0.25) is 0 Å². The van der Waals surface area contributed by atoms with Crippen molar-refractivity contribution in [2.24, 2.45) is 0 Å². The fourth-order valence-corrected chi connectivity index (χ4v) is 1.76. The van der Waals surface area contributed by atoms with Crippen molar-refractivity contribution in [3.8, 4) is 0 Å². The van der Waals surface area contributed by atoms with Crippen molar-refractivity contribution in [2.75, 3.05) is 0 Å². The molecule has 0 radical (unpaired) electrons. The topological polar surface area (TPSA) is 46.1 Å². The molecule has 0 N–H and O–H groups in total. The average Bonchev–Trinajstić information content (AvgIpc) is 2.48. The van der Waals surface area contributed by atoms with Crippen LogP contribution >= 0.6 is 0 Å². The molecule has 0 bridgehead atoms. The lowest BCUT2D eigenvalue weighted by Crippen LogP contribution is -2.28. The largest absolute Gasteiger partial charge is 0.330 e. The smallest absolute Gasteiger partial charge is 0.246 e. The number of aromatic nitrogens is 2. The fraction of sp³-hybridized carbons (Fsp3) is 0.133. The van der Waals surface area contributed by atoms with Gasteiger partial charge >= 0.3 is 0 Å². The zero-order valence-electron chi connectivity index (χ0n) is 10.6. The summed E-state index contributed by atoms with van der Waals surface area (Å²) in [5.41, 5.74) is 2.03. The van der Waals surface area contributed by atoms with Gasteiger partial charge in [-0.05, 0) is 35.4 Å². The highest BCUT2D eigenvalue weighted by molar-refractivity contribution is 5.86. The van der Waals surface area contributed by atoms with Crippen molar-refractivity contribution >= 4 is 5.91 Å². The van der Waals surface area contributed by atoms with Crippen LogP contribution in [0.5, 0.6) is 0 Å². The quantitative estimate of drug-likeness (QED) is 0.767. The second-order valence-electron chi connectivity index (χ2n) is 4.12. The van der Waals surface area contributed by atoms with Gasteiger partial charge in [-0.25, -0.2) is 0 Å². The van der Waals surface area contributed by atoms with Gasteiger partial charge in [0.1, 0.15) is 0 Å². The maximum atomic E-state index is 11.9. The summed E-state index contributed by atoms with van der Waals surface area (Å²) in [6.45, 7) is 4.59. The number of nitrogens with zero attached hydrogens (tertiary/aromatic N) is 3. The minimum Gasteiger partial charge on any atom is -0.330 e. The van der Waals surface area contributed by atoms with E-state index < -0.39 is 0 Å². The van der Waals surface area contributed by atoms with E-state index in [4.69, 9.17) is 0 Å². The Balaban J connectivity index is 2.13. The summed E-state index contributed by atoms with van der Waals surface area (Å²) in [6, 6.07) is 7.60. The molecule has 0 fully saturated rings. The van der Waals surface area contributed by atoms with Crippen LogP contribution in [0.25, 0.3) is 0 Å². The summed E-state index contributed by atoms with van der Waals surface area (Å²) in [5, 5.41) is 0. The van der Waals surface area contributed by atoms with Crippen molar-refractivity contribution in [3.05, 3.63) is 72.8 Å². The van der Waals surface area contributed by atoms with Crippen LogP contribution in [0.15, 0.2) is 61.7 Å². The van der Waals surface area contributed by atoms with Crippen LogP contribution < -0.4 is 0 Å². The van der Waals surface area contributed by atoms with Crippen LogP contribution in [-0.4, -0.2) is 20.8 Å². The van der Waals surface area contributed by atoms with E-state index in [2.05, 4.69) is 16.5 Å². The van der Waals surface area contributed by atoms with Crippen molar-refractivity contribution in [2.45, 2.75) is 13.1 Å². The summed E-state index contributed by atoms with van der Waals surface area (Å²) in [7, 11) is 0. The van der Waals surface area contributed by atoms with Gasteiger partial charge in [0, 0.05) is 37.9 Å². The zero-order chi connectivity index (χ0) is 13.5. The molecule has 0 saturated heterocycles. The summed E-state index contributed by atoms with van der Waals surface area (Å²) >= 11 is 0. The maximum absolute atomic E-state index is 11.9. The van der Waals surface area contributed by atoms with E-state index in [1.54, 1.807) is 29.7 Å². The number of hydrogen-bond donors (Lipinski definition) is 0. The third kappa shape index (κ3) is 3.74. The van der Waals surface area contributed by atoms with E-state index in [9.17, 15) is 4.79 Å². The van der Waals surface area contributed by atoms with Crippen molar-refractivity contribution in [1.82, 2.24) is 14.9 Å². The number of carbonyl (C=O) groups is 1. The first-order chi connectivity index (χ1) is 9.29. The number of hydrogen-bond acceptors (Lipinski definition) is 3. The molecular formula is C15H15N3O. The normalized spacial score (nSPS) is 9.89. The minimum absolute atomic E-state index is 0.0966. The third-order valence-electron chi connectivity index (χ3n) is 2.71. The van der Waals surface area contributed by atoms with E-state index in [0.29, 0.717) is 13.1 Å². The Hall–Kier alpha value is -2.49. The van der Waals surface area contributed by atoms with Gasteiger partial charge in [-0.2, -0.15) is 0 Å². The molecule has 0 atom stereocenters. The Morgan fingerprint density at radius 2 is 1.84 bits per heavy atom. The van der Waals surface area contributed by atoms with Crippen molar-refractivity contribution in [3.63, 3.8) is 0 Å². The standard InChI is InChI=1S/C15H15N3O/c1-2-15(19)18(11-13-5-8-16-9-6-13)12-14-4-3-7-17-10-14/h2-10H,1,11-12H2. The Bertz CT molecular complexity index is 498. The number of carbonyl (C=O) groups excluding carboxylic acids is 1. The second kappa shape index (κ2) is 6.44. The molecule has 1 amide bonds. The zero-order valence-corrected chi connectivity index (χ0v) is 10.6. The fourth-order valence-electron chi connectivity index (χ4n) is 1.76. The summed E-state index contributed by atoms with van der Waals surface area (Å²) in [4.78, 5) is 21.6. The Morgan fingerprint density at radius 3 is 2.47 bits per heavy atom. The molecule has 2 aromatic rings. The molecule has 2 rings (SSSR count). The summed E-state index contributed by atoms with van der Waals surface area (Å²) < 4.78 is 0. The molecule has 4 heteroatoms. The SMILES string of the molecule is C=CC(=O)N(Cc1ccncc1)Cc1cccnc1. The molecule has 0 unspecified atom stereocenters. The molecule has 2 aromatic heterocycles. The van der Waals surface area contributed by atoms with Gasteiger partial charge in [0.25, 0.3) is 0 Å². The molecule has 0 aliphatic rings. The lowest BCUT2D eigenvalue weighted by atomic mass is 10.2. The van der Waals surface area contributed by atoms with Gasteiger partial charge in [0.15, 0.2) is 0 Å². The minimum atomic E-state index is -0.0966. The molecule has 2 heterocycles. The highest BCUT2D eigenvalue weighted by Gasteiger charge is 2.11. The van der Waals surface area contributed by atoms with Crippen LogP contribution in [-0.2, 0) is 17.9 Å². The average molecular weight is 253 g/mol. The monoisotopic (exact) mass is 253 g/mol. The van der Waals surface area contributed by atoms with Crippen molar-refractivity contribution < 1.29 is 4.79 Å². The van der Waals surface area contributed by atoms with Gasteiger partial charge in [0.2, 0.25) is 5.91 Å². The van der Waals surface area contributed by atoms with Gasteiger partial charge in [-0.3, -0.25) is 14.8 Å². The van der Waals surface area contributed by atoms with Gasteiger partial charge in [-0.1, -0.05) is 12.6 Å². The second-order valence-corrected chi connectivity index (χ2v) is 4.12. The molecule has 0 aliphatic heterocycles. The lowest BCUT2D eigenvalue weighted by molar-refractivity contribution is -0.127. The molecule has 0 saturated carbocycles. The first-order valence-electron chi connectivity index (χ1n) is 5.99. The number of pyridine rings is 2. The van der Waals surface area contributed by atoms with E-state index in [0.717, 1.165) is 11.1 Å². The molecule has 96 valence electrons. The molecule has 0 spiro atoms. The van der Waals surface area contributed by atoms with Gasteiger partial charge < -0.3 is 4.90 Å². The Labute approximate surface area is 112 Å². The molecule has 4 nitrogen and oxygen atoms in total. The van der Waals surface area contributed by atoms with Crippen LogP contribution in [0.1, 0.15) is 11.1 Å². The highest BCUT2D eigenvalue weighted by atomic mass is 16.2. The Kier molecular flexibility index (Phi) is 4.39. The summed E-state index contributed by atoms with van der Waals surface area (Å²) in [6.07, 6.45) is 8.24. The van der Waals surface area contributed by atoms with E-state index in [1.807, 2.05) is 24.3 Å². The number of rotatable bonds is 5. The summed E-state index contributed by atoms with van der Waals surface area (Å²) in [5.74, 6) is -0.0966. The highest BCUT2D eigenvalue weighted by Crippen LogP contribution is 2.09. The van der Waals surface area contributed by atoms with E-state index in [1.165, 1.54) is 6.08 Å². The molecule has 19 heavy (non-hydrogen) atoms. The first-order valence-corrected chi connectivity index (χ1v) is 5.99. The van der Waals surface area contributed by atoms with E-state index >= 15 is 0 Å². The third-order valence-corrected chi connectivity index (χ3v) is 2.71. The predicted molar refractivity (Wildman–Crippen MR) is 72.9 cm³/mol. The molecule has 0 aliphatic carbocycles. The molecule has 0 aromatic carbocycles. The maximum Gasteiger partial charge on any atom is 0.246 e. The van der Waals surface area contributed by atoms with E-state index in [-0.39, 0.29) is 5.91 Å². The van der Waals surface area contributed by atoms with Gasteiger partial charge in [0.05, 0.1) is 0 Å². The van der Waals surface area contributed by atoms with Crippen LogP contribution in [0.3, 0.4) is 0 Å². The van der Waals surface area contributed by atoms with Crippen LogP contribution in [0, 0.1) is 0 Å².